The van der Waals surface area contributed by atoms with E-state index in [9.17, 15) is 38.4 Å². The van der Waals surface area contributed by atoms with Crippen LogP contribution in [-0.2, 0) is 43.5 Å². The summed E-state index contributed by atoms with van der Waals surface area (Å²) in [7, 11) is 0. The lowest BCUT2D eigenvalue weighted by molar-refractivity contribution is -0.131. The first-order chi connectivity index (χ1) is 26.4. The predicted molar refractivity (Wildman–Crippen MR) is 200 cm³/mol. The molecule has 0 bridgehead atoms. The minimum atomic E-state index is -0.805. The van der Waals surface area contributed by atoms with Gasteiger partial charge in [-0.25, -0.2) is 19.2 Å². The Kier molecular flexibility index (Phi) is 13.0. The highest BCUT2D eigenvalue weighted by atomic mass is 16.6. The van der Waals surface area contributed by atoms with Crippen LogP contribution in [-0.4, -0.2) is 110 Å². The van der Waals surface area contributed by atoms with Gasteiger partial charge in [0.25, 0.3) is 11.1 Å². The fourth-order valence-electron chi connectivity index (χ4n) is 6.52. The minimum absolute atomic E-state index is 0.0310. The molecule has 0 aliphatic carbocycles. The third-order valence-corrected chi connectivity index (χ3v) is 9.45. The molecule has 4 heterocycles. The summed E-state index contributed by atoms with van der Waals surface area (Å²) in [6, 6.07) is 8.19. The van der Waals surface area contributed by atoms with Gasteiger partial charge in [0, 0.05) is 61.5 Å². The minimum Gasteiger partial charge on any atom is -0.449 e. The molecule has 4 unspecified atom stereocenters. The van der Waals surface area contributed by atoms with Crippen LogP contribution in [0.3, 0.4) is 0 Å². The van der Waals surface area contributed by atoms with Gasteiger partial charge in [-0.05, 0) is 40.2 Å². The Balaban J connectivity index is 1.25. The average Bonchev–Trinajstić information content (AvgIpc) is 3.71. The number of likely N-dealkylation sites (tertiary alicyclic amines) is 2. The van der Waals surface area contributed by atoms with E-state index in [0.717, 1.165) is 14.7 Å². The smallest absolute Gasteiger partial charge is 0.407 e. The number of aromatic nitrogens is 4. The van der Waals surface area contributed by atoms with Crippen molar-refractivity contribution >= 4 is 24.0 Å². The van der Waals surface area contributed by atoms with Gasteiger partial charge in [0.05, 0.1) is 31.9 Å². The van der Waals surface area contributed by atoms with E-state index >= 15 is 0 Å². The molecule has 4 atom stereocenters. The van der Waals surface area contributed by atoms with Crippen LogP contribution in [0.5, 0.6) is 0 Å². The van der Waals surface area contributed by atoms with E-state index in [1.54, 1.807) is 20.8 Å². The SMILES string of the molecule is Cc1cn(CC(=O)N2CC(COCc3ccccc3)C(NC(=O)OCC3CN(C(=O)Cn4cc(C)c(=O)[nH]c4=O)CC3NC(=O)OC(C)(C)C)C2)c(=O)[nH]c1=O. The molecular weight excluding hydrogens is 732 g/mol. The molecule has 2 saturated heterocycles. The summed E-state index contributed by atoms with van der Waals surface area (Å²) in [5.74, 6) is -1.80. The van der Waals surface area contributed by atoms with Crippen molar-refractivity contribution in [1.82, 2.24) is 39.5 Å². The lowest BCUT2D eigenvalue weighted by atomic mass is 10.1. The molecular formula is C37H48N8O11. The molecule has 1 aromatic carbocycles. The monoisotopic (exact) mass is 780 g/mol. The van der Waals surface area contributed by atoms with Crippen LogP contribution in [0.4, 0.5) is 9.59 Å². The van der Waals surface area contributed by atoms with Crippen molar-refractivity contribution in [3.63, 3.8) is 0 Å². The van der Waals surface area contributed by atoms with Gasteiger partial charge in [-0.2, -0.15) is 0 Å². The van der Waals surface area contributed by atoms with E-state index in [2.05, 4.69) is 20.6 Å². The second kappa shape index (κ2) is 17.7. The van der Waals surface area contributed by atoms with Gasteiger partial charge >= 0.3 is 23.6 Å². The van der Waals surface area contributed by atoms with Crippen molar-refractivity contribution in [2.75, 3.05) is 39.4 Å². The number of hydrogen-bond acceptors (Lipinski definition) is 11. The fourth-order valence-corrected chi connectivity index (χ4v) is 6.52. The lowest BCUT2D eigenvalue weighted by Crippen LogP contribution is -2.46. The Hall–Kier alpha value is -5.98. The number of ether oxygens (including phenoxy) is 3. The van der Waals surface area contributed by atoms with E-state index < -0.39 is 70.1 Å². The summed E-state index contributed by atoms with van der Waals surface area (Å²) in [4.78, 5) is 108. The summed E-state index contributed by atoms with van der Waals surface area (Å²) in [5.41, 5.74) is -1.91. The Morgan fingerprint density at radius 2 is 1.20 bits per heavy atom. The topological polar surface area (TPSA) is 236 Å². The maximum Gasteiger partial charge on any atom is 0.407 e. The van der Waals surface area contributed by atoms with Crippen LogP contribution < -0.4 is 33.1 Å². The van der Waals surface area contributed by atoms with Gasteiger partial charge in [-0.3, -0.25) is 38.3 Å². The maximum absolute atomic E-state index is 13.4. The molecule has 2 fully saturated rings. The Labute approximate surface area is 320 Å². The zero-order valence-electron chi connectivity index (χ0n) is 32.0. The Bertz CT molecular complexity index is 2150. The number of aryl methyl sites for hydroxylation is 2. The van der Waals surface area contributed by atoms with Crippen molar-refractivity contribution in [3.8, 4) is 0 Å². The predicted octanol–water partition coefficient (Wildman–Crippen LogP) is -0.175. The number of carbonyl (C=O) groups excluding carboxylic acids is 4. The standard InChI is InChI=1S/C37H48N8O11/c1-22-11-44(33(50)40-31(22)48)17-29(46)42-13-25(20-54-19-24-9-7-6-8-10-24)27(15-42)38-35(52)55-21-26-14-43(16-28(26)39-36(53)56-37(3,4)5)30(47)18-45-12-23(2)32(49)41-34(45)51/h6-12,25-28H,13-21H2,1-5H3,(H,38,52)(H,39,53)(H,40,48,50)(H,41,49,51). The molecule has 19 nitrogen and oxygen atoms in total. The highest BCUT2D eigenvalue weighted by Crippen LogP contribution is 2.22. The summed E-state index contributed by atoms with van der Waals surface area (Å²) < 4.78 is 19.3. The highest BCUT2D eigenvalue weighted by molar-refractivity contribution is 5.77. The Morgan fingerprint density at radius 3 is 1.70 bits per heavy atom. The fraction of sp³-hybridized carbons (Fsp3) is 0.514. The molecule has 0 radical (unpaired) electrons. The third-order valence-electron chi connectivity index (χ3n) is 9.45. The normalized spacial score (nSPS) is 19.4. The van der Waals surface area contributed by atoms with Crippen molar-refractivity contribution in [3.05, 3.63) is 101 Å². The maximum atomic E-state index is 13.4. The number of nitrogens with zero attached hydrogens (tertiary/aromatic N) is 4. The molecule has 5 rings (SSSR count). The Morgan fingerprint density at radius 1 is 0.714 bits per heavy atom. The van der Waals surface area contributed by atoms with Gasteiger partial charge in [0.2, 0.25) is 11.8 Å². The number of carbonyl (C=O) groups is 4. The zero-order chi connectivity index (χ0) is 40.7. The molecule has 0 saturated carbocycles. The molecule has 4 N–H and O–H groups in total. The number of benzene rings is 1. The number of hydrogen-bond donors (Lipinski definition) is 4. The number of amides is 4. The second-order valence-electron chi connectivity index (χ2n) is 15.1. The number of nitrogens with one attached hydrogen (secondary N) is 4. The largest absolute Gasteiger partial charge is 0.449 e. The third kappa shape index (κ3) is 11.0. The molecule has 2 aliphatic heterocycles. The first kappa shape index (κ1) is 41.2. The highest BCUT2D eigenvalue weighted by Gasteiger charge is 2.40. The van der Waals surface area contributed by atoms with Crippen molar-refractivity contribution in [1.29, 1.82) is 0 Å². The first-order valence-electron chi connectivity index (χ1n) is 18.2. The van der Waals surface area contributed by atoms with Crippen LogP contribution >= 0.6 is 0 Å². The van der Waals surface area contributed by atoms with Crippen molar-refractivity contribution < 1.29 is 33.4 Å². The van der Waals surface area contributed by atoms with Gasteiger partial charge in [-0.15, -0.1) is 0 Å². The summed E-state index contributed by atoms with van der Waals surface area (Å²) in [6.07, 6.45) is 1.07. The summed E-state index contributed by atoms with van der Waals surface area (Å²) in [5, 5.41) is 5.60. The van der Waals surface area contributed by atoms with Crippen molar-refractivity contribution in [2.24, 2.45) is 11.8 Å². The molecule has 4 amide bonds. The van der Waals surface area contributed by atoms with Crippen LogP contribution in [0.2, 0.25) is 0 Å². The molecule has 56 heavy (non-hydrogen) atoms. The van der Waals surface area contributed by atoms with E-state index in [-0.39, 0.29) is 69.5 Å². The van der Waals surface area contributed by atoms with Crippen LogP contribution in [0, 0.1) is 25.7 Å². The number of rotatable bonds is 12. The van der Waals surface area contributed by atoms with Gasteiger partial charge in [0.15, 0.2) is 0 Å². The molecule has 2 aliphatic rings. The van der Waals surface area contributed by atoms with Gasteiger partial charge < -0.3 is 34.6 Å². The van der Waals surface area contributed by atoms with E-state index in [1.807, 2.05) is 30.3 Å². The molecule has 0 spiro atoms. The number of H-pyrrole nitrogens is 2. The first-order valence-corrected chi connectivity index (χ1v) is 18.2. The van der Waals surface area contributed by atoms with E-state index in [0.29, 0.717) is 6.61 Å². The number of alkyl carbamates (subject to hydrolysis) is 2. The molecule has 302 valence electrons. The van der Waals surface area contributed by atoms with Gasteiger partial charge in [-0.1, -0.05) is 30.3 Å². The molecule has 2 aromatic heterocycles. The van der Waals surface area contributed by atoms with E-state index in [1.165, 1.54) is 36.0 Å². The van der Waals surface area contributed by atoms with Gasteiger partial charge in [0.1, 0.15) is 18.7 Å². The quantitative estimate of drug-likeness (QED) is 0.188. The zero-order valence-corrected chi connectivity index (χ0v) is 32.0. The average molecular weight is 781 g/mol. The molecule has 19 heteroatoms. The summed E-state index contributed by atoms with van der Waals surface area (Å²) >= 11 is 0. The van der Waals surface area contributed by atoms with Crippen LogP contribution in [0.15, 0.2) is 61.9 Å². The van der Waals surface area contributed by atoms with Crippen molar-refractivity contribution in [2.45, 2.75) is 72.0 Å². The van der Waals surface area contributed by atoms with Crippen LogP contribution in [0.1, 0.15) is 37.5 Å². The molecule has 3 aromatic rings. The lowest BCUT2D eigenvalue weighted by Gasteiger charge is -2.24. The van der Waals surface area contributed by atoms with Crippen LogP contribution in [0.25, 0.3) is 0 Å². The second-order valence-corrected chi connectivity index (χ2v) is 15.1. The number of aromatic amines is 2. The summed E-state index contributed by atoms with van der Waals surface area (Å²) in [6.45, 7) is 8.09. The van der Waals surface area contributed by atoms with E-state index in [4.69, 9.17) is 14.2 Å².